The van der Waals surface area contributed by atoms with E-state index in [1.807, 2.05) is 35.2 Å². The zero-order valence-electron chi connectivity index (χ0n) is 17.6. The van der Waals surface area contributed by atoms with E-state index in [0.717, 1.165) is 5.69 Å². The van der Waals surface area contributed by atoms with Crippen molar-refractivity contribution in [2.24, 2.45) is 0 Å². The van der Waals surface area contributed by atoms with Crippen LogP contribution in [0.15, 0.2) is 53.4 Å². The number of amides is 1. The maximum absolute atomic E-state index is 12.8. The number of aryl methyl sites for hydroxylation is 1. The number of methoxy groups -OCH3 is 1. The minimum atomic E-state index is -3.72. The predicted octanol–water partition coefficient (Wildman–Crippen LogP) is 2.16. The normalized spacial score (nSPS) is 15.4. The lowest BCUT2D eigenvalue weighted by Crippen LogP contribution is -2.46. The van der Waals surface area contributed by atoms with Gasteiger partial charge in [0, 0.05) is 24.8 Å². The number of para-hydroxylation sites is 1. The van der Waals surface area contributed by atoms with Crippen LogP contribution in [0.2, 0.25) is 0 Å². The first-order valence-electron chi connectivity index (χ1n) is 10.1. The first-order valence-corrected chi connectivity index (χ1v) is 11.6. The Balaban J connectivity index is 1.53. The summed E-state index contributed by atoms with van der Waals surface area (Å²) >= 11 is 0. The molecule has 0 radical (unpaired) electrons. The number of piperidine rings is 1. The van der Waals surface area contributed by atoms with E-state index >= 15 is 0 Å². The van der Waals surface area contributed by atoms with Gasteiger partial charge in [-0.15, -0.1) is 0 Å². The molecule has 1 aliphatic rings. The zero-order chi connectivity index (χ0) is 22.4. The number of ether oxygens (including phenoxy) is 1. The van der Waals surface area contributed by atoms with Crippen molar-refractivity contribution in [2.75, 3.05) is 32.1 Å². The van der Waals surface area contributed by atoms with Gasteiger partial charge in [-0.3, -0.25) is 9.69 Å². The number of esters is 1. The molecule has 0 spiro atoms. The van der Waals surface area contributed by atoms with E-state index in [-0.39, 0.29) is 23.4 Å². The number of hydrogen-bond acceptors (Lipinski definition) is 6. The second kappa shape index (κ2) is 10.0. The van der Waals surface area contributed by atoms with Crippen molar-refractivity contribution >= 4 is 27.6 Å². The van der Waals surface area contributed by atoms with Crippen LogP contribution in [0.5, 0.6) is 0 Å². The van der Waals surface area contributed by atoms with Crippen LogP contribution in [0, 0.1) is 6.92 Å². The summed E-state index contributed by atoms with van der Waals surface area (Å²) < 4.78 is 33.1. The van der Waals surface area contributed by atoms with Crippen molar-refractivity contribution in [2.45, 2.75) is 30.7 Å². The van der Waals surface area contributed by atoms with Crippen LogP contribution in [0.25, 0.3) is 0 Å². The molecule has 1 amide bonds. The van der Waals surface area contributed by atoms with Crippen molar-refractivity contribution in [1.82, 2.24) is 9.62 Å². The summed E-state index contributed by atoms with van der Waals surface area (Å²) in [5.41, 5.74) is 1.54. The van der Waals surface area contributed by atoms with Crippen LogP contribution in [0.1, 0.15) is 28.8 Å². The maximum Gasteiger partial charge on any atom is 0.337 e. The number of carbonyl (C=O) groups excluding carboxylic acids is 2. The molecule has 0 aliphatic carbocycles. The summed E-state index contributed by atoms with van der Waals surface area (Å²) in [4.78, 5) is 26.0. The minimum Gasteiger partial charge on any atom is -0.465 e. The number of anilines is 1. The van der Waals surface area contributed by atoms with Crippen LogP contribution in [0.3, 0.4) is 0 Å². The van der Waals surface area contributed by atoms with Gasteiger partial charge in [-0.2, -0.15) is 0 Å². The molecule has 9 heteroatoms. The second-order valence-electron chi connectivity index (χ2n) is 7.56. The topological polar surface area (TPSA) is 105 Å². The van der Waals surface area contributed by atoms with Crippen molar-refractivity contribution in [3.8, 4) is 0 Å². The molecule has 1 heterocycles. The molecule has 1 saturated heterocycles. The van der Waals surface area contributed by atoms with E-state index in [1.54, 1.807) is 6.92 Å². The number of benzene rings is 2. The Morgan fingerprint density at radius 3 is 2.39 bits per heavy atom. The molecule has 3 rings (SSSR count). The lowest BCUT2D eigenvalue weighted by atomic mass is 10.1. The van der Waals surface area contributed by atoms with Gasteiger partial charge in [-0.05, 0) is 55.7 Å². The second-order valence-corrected chi connectivity index (χ2v) is 9.24. The predicted molar refractivity (Wildman–Crippen MR) is 117 cm³/mol. The minimum absolute atomic E-state index is 0.0912. The lowest BCUT2D eigenvalue weighted by Gasteiger charge is -2.31. The number of rotatable bonds is 7. The number of nitrogens with one attached hydrogen (secondary N) is 2. The third kappa shape index (κ3) is 6.13. The van der Waals surface area contributed by atoms with E-state index in [4.69, 9.17) is 0 Å². The largest absolute Gasteiger partial charge is 0.465 e. The zero-order valence-corrected chi connectivity index (χ0v) is 18.4. The summed E-state index contributed by atoms with van der Waals surface area (Å²) in [5.74, 6) is -0.602. The van der Waals surface area contributed by atoms with Gasteiger partial charge in [0.2, 0.25) is 15.9 Å². The molecular weight excluding hydrogens is 418 g/mol. The highest BCUT2D eigenvalue weighted by molar-refractivity contribution is 7.89. The Kier molecular flexibility index (Phi) is 7.42. The van der Waals surface area contributed by atoms with Crippen molar-refractivity contribution in [3.05, 3.63) is 59.7 Å². The standard InChI is InChI=1S/C22H27N3O5S/c1-16-14-17(22(27)30-2)8-9-20(16)31(28,29)24-19-10-12-25(13-11-19)15-21(26)23-18-6-4-3-5-7-18/h3-9,14,19,24H,10-13,15H2,1-2H3,(H,23,26). The Morgan fingerprint density at radius 1 is 1.10 bits per heavy atom. The van der Waals surface area contributed by atoms with Crippen molar-refractivity contribution < 1.29 is 22.7 Å². The van der Waals surface area contributed by atoms with E-state index < -0.39 is 16.0 Å². The molecule has 8 nitrogen and oxygen atoms in total. The van der Waals surface area contributed by atoms with Gasteiger partial charge < -0.3 is 10.1 Å². The van der Waals surface area contributed by atoms with Gasteiger partial charge in [-0.1, -0.05) is 18.2 Å². The highest BCUT2D eigenvalue weighted by Gasteiger charge is 2.26. The van der Waals surface area contributed by atoms with Gasteiger partial charge in [0.1, 0.15) is 0 Å². The summed E-state index contributed by atoms with van der Waals surface area (Å²) in [7, 11) is -2.44. The first-order chi connectivity index (χ1) is 14.8. The van der Waals surface area contributed by atoms with Crippen LogP contribution >= 0.6 is 0 Å². The van der Waals surface area contributed by atoms with E-state index in [0.29, 0.717) is 37.1 Å². The van der Waals surface area contributed by atoms with Crippen LogP contribution in [0.4, 0.5) is 5.69 Å². The average Bonchev–Trinajstić information content (AvgIpc) is 2.74. The lowest BCUT2D eigenvalue weighted by molar-refractivity contribution is -0.117. The van der Waals surface area contributed by atoms with Crippen LogP contribution in [-0.2, 0) is 19.6 Å². The highest BCUT2D eigenvalue weighted by Crippen LogP contribution is 2.20. The van der Waals surface area contributed by atoms with E-state index in [1.165, 1.54) is 25.3 Å². The van der Waals surface area contributed by atoms with Crippen molar-refractivity contribution in [1.29, 1.82) is 0 Å². The maximum atomic E-state index is 12.8. The number of carbonyl (C=O) groups is 2. The molecule has 1 fully saturated rings. The monoisotopic (exact) mass is 445 g/mol. The van der Waals surface area contributed by atoms with Gasteiger partial charge in [0.05, 0.1) is 24.1 Å². The molecule has 0 bridgehead atoms. The molecule has 1 aliphatic heterocycles. The number of hydrogen-bond donors (Lipinski definition) is 2. The molecular formula is C22H27N3O5S. The van der Waals surface area contributed by atoms with Gasteiger partial charge in [0.15, 0.2) is 0 Å². The fourth-order valence-electron chi connectivity index (χ4n) is 3.61. The molecule has 2 aromatic carbocycles. The van der Waals surface area contributed by atoms with Gasteiger partial charge >= 0.3 is 5.97 Å². The third-order valence-corrected chi connectivity index (χ3v) is 6.90. The number of likely N-dealkylation sites (tertiary alicyclic amines) is 1. The fourth-order valence-corrected chi connectivity index (χ4v) is 5.14. The Labute approximate surface area is 182 Å². The summed E-state index contributed by atoms with van der Waals surface area (Å²) in [5, 5.41) is 2.86. The SMILES string of the molecule is COC(=O)c1ccc(S(=O)(=O)NC2CCN(CC(=O)Nc3ccccc3)CC2)c(C)c1. The molecule has 166 valence electrons. The third-order valence-electron chi connectivity index (χ3n) is 5.22. The molecule has 31 heavy (non-hydrogen) atoms. The summed E-state index contributed by atoms with van der Waals surface area (Å²) in [6, 6.07) is 13.4. The molecule has 0 atom stereocenters. The molecule has 2 N–H and O–H groups in total. The van der Waals surface area contributed by atoms with Crippen LogP contribution < -0.4 is 10.0 Å². The number of sulfonamides is 1. The fraction of sp³-hybridized carbons (Fsp3) is 0.364. The summed E-state index contributed by atoms with van der Waals surface area (Å²) in [6.07, 6.45) is 1.22. The molecule has 2 aromatic rings. The smallest absolute Gasteiger partial charge is 0.337 e. The molecule has 0 saturated carbocycles. The quantitative estimate of drug-likeness (QED) is 0.633. The Hall–Kier alpha value is -2.75. The molecule has 0 unspecified atom stereocenters. The number of nitrogens with zero attached hydrogens (tertiary/aromatic N) is 1. The summed E-state index contributed by atoms with van der Waals surface area (Å²) in [6.45, 7) is 3.16. The van der Waals surface area contributed by atoms with Gasteiger partial charge in [-0.25, -0.2) is 17.9 Å². The first kappa shape index (κ1) is 22.9. The van der Waals surface area contributed by atoms with Crippen molar-refractivity contribution in [3.63, 3.8) is 0 Å². The van der Waals surface area contributed by atoms with E-state index in [9.17, 15) is 18.0 Å². The van der Waals surface area contributed by atoms with E-state index in [2.05, 4.69) is 14.8 Å². The highest BCUT2D eigenvalue weighted by atomic mass is 32.2. The Morgan fingerprint density at radius 2 is 1.77 bits per heavy atom. The Bertz CT molecular complexity index is 1030. The molecule has 0 aromatic heterocycles. The van der Waals surface area contributed by atoms with Crippen LogP contribution in [-0.4, -0.2) is 58.0 Å². The average molecular weight is 446 g/mol. The van der Waals surface area contributed by atoms with Gasteiger partial charge in [0.25, 0.3) is 0 Å².